The van der Waals surface area contributed by atoms with Crippen LogP contribution in [-0.4, -0.2) is 26.7 Å². The Hall–Kier alpha value is -3.78. The van der Waals surface area contributed by atoms with Crippen LogP contribution in [0.2, 0.25) is 0 Å². The Morgan fingerprint density at radius 1 is 1.14 bits per heavy atom. The summed E-state index contributed by atoms with van der Waals surface area (Å²) < 4.78 is 13.3. The van der Waals surface area contributed by atoms with Crippen molar-refractivity contribution >= 4 is 28.4 Å². The summed E-state index contributed by atoms with van der Waals surface area (Å²) in [7, 11) is 1.61. The molecular weight excluding hydrogens is 470 g/mol. The van der Waals surface area contributed by atoms with E-state index in [1.54, 1.807) is 25.2 Å². The van der Waals surface area contributed by atoms with Gasteiger partial charge in [-0.3, -0.25) is 18.7 Å². The van der Waals surface area contributed by atoms with Gasteiger partial charge in [-0.05, 0) is 54.8 Å². The fourth-order valence-corrected chi connectivity index (χ4v) is 4.32. The fourth-order valence-electron chi connectivity index (χ4n) is 4.18. The van der Waals surface area contributed by atoms with Gasteiger partial charge in [0.25, 0.3) is 11.5 Å². The van der Waals surface area contributed by atoms with Gasteiger partial charge in [0.15, 0.2) is 11.5 Å². The minimum absolute atomic E-state index is 0.130. The van der Waals surface area contributed by atoms with Crippen LogP contribution in [-0.2, 0) is 20.1 Å². The summed E-state index contributed by atoms with van der Waals surface area (Å²) in [5.74, 6) is 0.985. The number of aryl methyl sites for hydroxylation is 1. The molecule has 1 unspecified atom stereocenters. The van der Waals surface area contributed by atoms with Crippen molar-refractivity contribution in [1.29, 1.82) is 0 Å². The van der Waals surface area contributed by atoms with Crippen molar-refractivity contribution in [2.75, 3.05) is 6.79 Å². The number of halogens is 1. The van der Waals surface area contributed by atoms with Gasteiger partial charge in [-0.15, -0.1) is 11.6 Å². The SMILES string of the molecule is Cn1c(=O)n(CC2=CCC(C)(Cl)C=C2)c(=O)c2cc(C(=O)NCc3ccc4c(c3)OCO4)ccc21. The molecule has 8 nitrogen and oxygen atoms in total. The molecule has 0 saturated heterocycles. The second-order valence-electron chi connectivity index (χ2n) is 8.93. The Labute approximate surface area is 206 Å². The zero-order chi connectivity index (χ0) is 24.7. The van der Waals surface area contributed by atoms with E-state index in [-0.39, 0.29) is 25.8 Å². The van der Waals surface area contributed by atoms with Crippen molar-refractivity contribution in [1.82, 2.24) is 14.5 Å². The molecule has 2 heterocycles. The number of carbonyl (C=O) groups excluding carboxylic acids is 1. The van der Waals surface area contributed by atoms with E-state index >= 15 is 0 Å². The highest BCUT2D eigenvalue weighted by Crippen LogP contribution is 2.32. The number of nitrogens with one attached hydrogen (secondary N) is 1. The van der Waals surface area contributed by atoms with Crippen molar-refractivity contribution in [2.24, 2.45) is 7.05 Å². The Kier molecular flexibility index (Phi) is 5.76. The number of carbonyl (C=O) groups is 1. The minimum Gasteiger partial charge on any atom is -0.454 e. The van der Waals surface area contributed by atoms with Gasteiger partial charge in [-0.1, -0.05) is 24.3 Å². The second-order valence-corrected chi connectivity index (χ2v) is 9.79. The van der Waals surface area contributed by atoms with Crippen LogP contribution in [0.15, 0.2) is 69.8 Å². The average molecular weight is 494 g/mol. The van der Waals surface area contributed by atoms with Gasteiger partial charge in [-0.2, -0.15) is 0 Å². The van der Waals surface area contributed by atoms with Gasteiger partial charge in [0.1, 0.15) is 0 Å². The molecule has 1 atom stereocenters. The number of amides is 1. The molecule has 1 aliphatic carbocycles. The minimum atomic E-state index is -0.467. The third-order valence-corrected chi connectivity index (χ3v) is 6.53. The Morgan fingerprint density at radius 3 is 2.71 bits per heavy atom. The van der Waals surface area contributed by atoms with E-state index < -0.39 is 16.1 Å². The zero-order valence-electron chi connectivity index (χ0n) is 19.3. The fraction of sp³-hybridized carbons (Fsp3) is 0.269. The average Bonchev–Trinajstić information content (AvgIpc) is 3.32. The van der Waals surface area contributed by atoms with Crippen LogP contribution in [0, 0.1) is 0 Å². The molecule has 2 aromatic carbocycles. The lowest BCUT2D eigenvalue weighted by Gasteiger charge is -2.20. The molecule has 9 heteroatoms. The molecule has 180 valence electrons. The molecule has 1 amide bonds. The number of aromatic nitrogens is 2. The van der Waals surface area contributed by atoms with Gasteiger partial charge in [0, 0.05) is 19.2 Å². The maximum absolute atomic E-state index is 13.3. The van der Waals surface area contributed by atoms with E-state index in [4.69, 9.17) is 21.1 Å². The van der Waals surface area contributed by atoms with Crippen LogP contribution in [0.3, 0.4) is 0 Å². The monoisotopic (exact) mass is 493 g/mol. The van der Waals surface area contributed by atoms with Crippen LogP contribution in [0.4, 0.5) is 0 Å². The first-order valence-corrected chi connectivity index (χ1v) is 11.6. The number of nitrogens with zero attached hydrogens (tertiary/aromatic N) is 2. The van der Waals surface area contributed by atoms with E-state index in [1.165, 1.54) is 15.2 Å². The first-order chi connectivity index (χ1) is 16.7. The number of ether oxygens (including phenoxy) is 2. The normalized spacial score (nSPS) is 18.5. The molecule has 2 aliphatic rings. The first kappa shape index (κ1) is 23.0. The summed E-state index contributed by atoms with van der Waals surface area (Å²) >= 11 is 6.33. The van der Waals surface area contributed by atoms with E-state index in [9.17, 15) is 14.4 Å². The maximum atomic E-state index is 13.3. The van der Waals surface area contributed by atoms with Crippen LogP contribution in [0.5, 0.6) is 11.5 Å². The molecule has 1 N–H and O–H groups in total. The molecule has 0 radical (unpaired) electrons. The standard InChI is InChI=1S/C26H24ClN3O5/c1-26(27)9-7-16(8-10-26)14-30-24(32)19-12-18(4-5-20(19)29(2)25(30)33)23(31)28-13-17-3-6-21-22(11-17)35-15-34-21/h3-9,11-12H,10,13-15H2,1-2H3,(H,28,31). The summed E-state index contributed by atoms with van der Waals surface area (Å²) in [6, 6.07) is 10.2. The highest BCUT2D eigenvalue weighted by molar-refractivity contribution is 6.25. The molecule has 1 aromatic heterocycles. The lowest BCUT2D eigenvalue weighted by molar-refractivity contribution is 0.0951. The lowest BCUT2D eigenvalue weighted by atomic mass is 9.97. The molecule has 0 bridgehead atoms. The topological polar surface area (TPSA) is 91.6 Å². The van der Waals surface area contributed by atoms with Crippen molar-refractivity contribution < 1.29 is 14.3 Å². The summed E-state index contributed by atoms with van der Waals surface area (Å²) in [5.41, 5.74) is 1.62. The molecule has 0 spiro atoms. The number of hydrogen-bond donors (Lipinski definition) is 1. The molecule has 0 saturated carbocycles. The molecule has 5 rings (SSSR count). The van der Waals surface area contributed by atoms with E-state index in [1.807, 2.05) is 37.3 Å². The van der Waals surface area contributed by atoms with Crippen molar-refractivity contribution in [3.8, 4) is 11.5 Å². The summed E-state index contributed by atoms with van der Waals surface area (Å²) in [6.45, 7) is 2.50. The Bertz CT molecular complexity index is 1530. The largest absolute Gasteiger partial charge is 0.454 e. The summed E-state index contributed by atoms with van der Waals surface area (Å²) in [6.07, 6.45) is 6.25. The predicted molar refractivity (Wildman–Crippen MR) is 133 cm³/mol. The van der Waals surface area contributed by atoms with Gasteiger partial charge in [0.05, 0.1) is 22.3 Å². The first-order valence-electron chi connectivity index (χ1n) is 11.2. The van der Waals surface area contributed by atoms with Gasteiger partial charge in [-0.25, -0.2) is 4.79 Å². The van der Waals surface area contributed by atoms with Crippen LogP contribution in [0.1, 0.15) is 29.3 Å². The Morgan fingerprint density at radius 2 is 1.94 bits per heavy atom. The van der Waals surface area contributed by atoms with Gasteiger partial charge in [0.2, 0.25) is 6.79 Å². The lowest BCUT2D eigenvalue weighted by Crippen LogP contribution is -2.39. The summed E-state index contributed by atoms with van der Waals surface area (Å²) in [5, 5.41) is 3.16. The number of hydrogen-bond acceptors (Lipinski definition) is 5. The quantitative estimate of drug-likeness (QED) is 0.551. The molecule has 0 fully saturated rings. The van der Waals surface area contributed by atoms with Crippen LogP contribution in [0.25, 0.3) is 10.9 Å². The molecule has 1 aliphatic heterocycles. The number of benzene rings is 2. The summed E-state index contributed by atoms with van der Waals surface area (Å²) in [4.78, 5) is 38.6. The van der Waals surface area contributed by atoms with Crippen molar-refractivity contribution in [2.45, 2.75) is 31.3 Å². The van der Waals surface area contributed by atoms with Crippen LogP contribution >= 0.6 is 11.6 Å². The molecule has 3 aromatic rings. The highest BCUT2D eigenvalue weighted by atomic mass is 35.5. The number of fused-ring (bicyclic) bond motifs is 2. The van der Waals surface area contributed by atoms with Gasteiger partial charge >= 0.3 is 5.69 Å². The van der Waals surface area contributed by atoms with Crippen LogP contribution < -0.4 is 26.0 Å². The third-order valence-electron chi connectivity index (χ3n) is 6.25. The Balaban J connectivity index is 1.41. The molecular formula is C26H24ClN3O5. The maximum Gasteiger partial charge on any atom is 0.331 e. The smallest absolute Gasteiger partial charge is 0.331 e. The molecule has 35 heavy (non-hydrogen) atoms. The van der Waals surface area contributed by atoms with E-state index in [2.05, 4.69) is 5.32 Å². The number of alkyl halides is 1. The van der Waals surface area contributed by atoms with E-state index in [0.29, 0.717) is 34.4 Å². The second kappa shape index (κ2) is 8.78. The number of allylic oxidation sites excluding steroid dienone is 4. The van der Waals surface area contributed by atoms with E-state index in [0.717, 1.165) is 11.1 Å². The van der Waals surface area contributed by atoms with Crippen molar-refractivity contribution in [3.63, 3.8) is 0 Å². The highest BCUT2D eigenvalue weighted by Gasteiger charge is 2.20. The van der Waals surface area contributed by atoms with Gasteiger partial charge < -0.3 is 14.8 Å². The predicted octanol–water partition coefficient (Wildman–Crippen LogP) is 3.24. The van der Waals surface area contributed by atoms with Crippen molar-refractivity contribution in [3.05, 3.63) is 92.2 Å². The number of rotatable bonds is 5. The zero-order valence-corrected chi connectivity index (χ0v) is 20.1. The third kappa shape index (κ3) is 4.49.